The molecule has 0 bridgehead atoms. The number of sulfonamides is 1. The fourth-order valence-electron chi connectivity index (χ4n) is 2.98. The second kappa shape index (κ2) is 10.5. The molecule has 2 radical (unpaired) electrons. The van der Waals surface area contributed by atoms with Crippen molar-refractivity contribution in [1.29, 1.82) is 0 Å². The highest BCUT2D eigenvalue weighted by Crippen LogP contribution is 2.23. The van der Waals surface area contributed by atoms with Crippen LogP contribution in [0.25, 0.3) is 0 Å². The number of amides is 1. The number of hydrogen-bond donors (Lipinski definition) is 2. The number of thiocarbonyl (C=S) groups is 1. The van der Waals surface area contributed by atoms with Crippen LogP contribution < -0.4 is 25.1 Å². The molecule has 0 saturated heterocycles. The number of benzene rings is 3. The van der Waals surface area contributed by atoms with E-state index in [0.29, 0.717) is 29.2 Å². The van der Waals surface area contributed by atoms with E-state index in [1.165, 1.54) is 29.6 Å². The summed E-state index contributed by atoms with van der Waals surface area (Å²) in [5.41, 5.74) is 1.74. The molecule has 0 aliphatic carbocycles. The predicted molar refractivity (Wildman–Crippen MR) is 135 cm³/mol. The molecule has 3 aromatic carbocycles. The first-order valence-corrected chi connectivity index (χ1v) is 11.9. The lowest BCUT2D eigenvalue weighted by molar-refractivity contribution is 0.0974. The minimum Gasteiger partial charge on any atom is -0.493 e. The number of carbonyl (C=O) groups is 1. The van der Waals surface area contributed by atoms with Gasteiger partial charge in [0.1, 0.15) is 13.6 Å². The number of nitrogens with one attached hydrogen (secondary N) is 2. The van der Waals surface area contributed by atoms with E-state index in [1.807, 2.05) is 13.0 Å². The Morgan fingerprint density at radius 3 is 2.36 bits per heavy atom. The summed E-state index contributed by atoms with van der Waals surface area (Å²) in [5, 5.41) is 5.49. The van der Waals surface area contributed by atoms with Crippen molar-refractivity contribution >= 4 is 57.9 Å². The molecule has 0 unspecified atom stereocenters. The summed E-state index contributed by atoms with van der Waals surface area (Å²) in [6.45, 7) is 2.20. The van der Waals surface area contributed by atoms with E-state index in [9.17, 15) is 13.2 Å². The van der Waals surface area contributed by atoms with Crippen molar-refractivity contribution in [2.75, 3.05) is 23.3 Å². The Morgan fingerprint density at radius 2 is 1.73 bits per heavy atom. The van der Waals surface area contributed by atoms with Crippen LogP contribution in [0.5, 0.6) is 5.75 Å². The van der Waals surface area contributed by atoms with Gasteiger partial charge in [0.15, 0.2) is 5.11 Å². The molecule has 3 aromatic rings. The summed E-state index contributed by atoms with van der Waals surface area (Å²) in [6.07, 6.45) is 0. The molecule has 0 aliphatic rings. The van der Waals surface area contributed by atoms with Gasteiger partial charge in [0.25, 0.3) is 15.9 Å². The molecular formula is C23H22BN3O4S2. The zero-order valence-corrected chi connectivity index (χ0v) is 19.7. The topological polar surface area (TPSA) is 87.7 Å². The second-order valence-corrected chi connectivity index (χ2v) is 9.31. The van der Waals surface area contributed by atoms with Crippen molar-refractivity contribution in [3.8, 4) is 5.75 Å². The highest BCUT2D eigenvalue weighted by Gasteiger charge is 2.21. The van der Waals surface area contributed by atoms with E-state index >= 15 is 0 Å². The molecule has 2 N–H and O–H groups in total. The van der Waals surface area contributed by atoms with Crippen LogP contribution in [0.1, 0.15) is 17.3 Å². The molecule has 3 rings (SSSR count). The molecule has 0 fully saturated rings. The average Bonchev–Trinajstić information content (AvgIpc) is 2.80. The summed E-state index contributed by atoms with van der Waals surface area (Å²) in [5.74, 6) is -0.0870. The normalized spacial score (nSPS) is 10.8. The number of nitrogens with zero attached hydrogens (tertiary/aromatic N) is 1. The standard InChI is InChI=1S/C23H22BN3O4S2/c1-3-31-21-14-9-16(24)15-20(21)22(28)26-23(32)25-17-10-12-19(13-11-17)33(29,30)27(2)18-7-5-4-6-8-18/h4-15H,3H2,1-2H3,(H2,25,26,28,32). The predicted octanol–water partition coefficient (Wildman–Crippen LogP) is 2.83. The van der Waals surface area contributed by atoms with Gasteiger partial charge >= 0.3 is 0 Å². The minimum absolute atomic E-state index is 0.0434. The quantitative estimate of drug-likeness (QED) is 0.401. The Labute approximate surface area is 200 Å². The first-order valence-electron chi connectivity index (χ1n) is 10.0. The van der Waals surface area contributed by atoms with E-state index in [-0.39, 0.29) is 15.6 Å². The maximum atomic E-state index is 12.9. The van der Waals surface area contributed by atoms with Crippen molar-refractivity contribution in [2.24, 2.45) is 0 Å². The van der Waals surface area contributed by atoms with Gasteiger partial charge in [-0.25, -0.2) is 8.42 Å². The molecule has 33 heavy (non-hydrogen) atoms. The summed E-state index contributed by atoms with van der Waals surface area (Å²) >= 11 is 5.22. The van der Waals surface area contributed by atoms with Crippen LogP contribution in [0.15, 0.2) is 77.7 Å². The van der Waals surface area contributed by atoms with E-state index in [4.69, 9.17) is 24.8 Å². The van der Waals surface area contributed by atoms with Gasteiger partial charge in [-0.1, -0.05) is 35.8 Å². The van der Waals surface area contributed by atoms with Gasteiger partial charge in [-0.05, 0) is 61.6 Å². The van der Waals surface area contributed by atoms with Crippen molar-refractivity contribution in [3.05, 3.63) is 78.4 Å². The van der Waals surface area contributed by atoms with E-state index < -0.39 is 15.9 Å². The summed E-state index contributed by atoms with van der Waals surface area (Å²) < 4.78 is 32.4. The van der Waals surface area contributed by atoms with Crippen LogP contribution in [-0.2, 0) is 10.0 Å². The van der Waals surface area contributed by atoms with Crippen LogP contribution >= 0.6 is 12.2 Å². The molecular weight excluding hydrogens is 457 g/mol. The van der Waals surface area contributed by atoms with Crippen LogP contribution in [0.4, 0.5) is 11.4 Å². The van der Waals surface area contributed by atoms with Gasteiger partial charge in [-0.2, -0.15) is 0 Å². The van der Waals surface area contributed by atoms with Gasteiger partial charge in [-0.15, -0.1) is 0 Å². The van der Waals surface area contributed by atoms with Crippen LogP contribution in [0.2, 0.25) is 0 Å². The number of carbonyl (C=O) groups excluding carboxylic acids is 1. The third-order valence-electron chi connectivity index (χ3n) is 4.67. The van der Waals surface area contributed by atoms with Gasteiger partial charge in [0.05, 0.1) is 22.8 Å². The van der Waals surface area contributed by atoms with E-state index in [0.717, 1.165) is 0 Å². The first-order chi connectivity index (χ1) is 15.7. The molecule has 7 nitrogen and oxygen atoms in total. The molecule has 10 heteroatoms. The number of ether oxygens (including phenoxy) is 1. The highest BCUT2D eigenvalue weighted by atomic mass is 32.2. The molecule has 0 heterocycles. The molecule has 168 valence electrons. The van der Waals surface area contributed by atoms with Crippen LogP contribution in [0, 0.1) is 0 Å². The van der Waals surface area contributed by atoms with Gasteiger partial charge in [0.2, 0.25) is 0 Å². The fourth-order valence-corrected chi connectivity index (χ4v) is 4.39. The Hall–Kier alpha value is -3.37. The lowest BCUT2D eigenvalue weighted by atomic mass is 9.94. The maximum absolute atomic E-state index is 12.9. The summed E-state index contributed by atoms with van der Waals surface area (Å²) in [4.78, 5) is 12.8. The van der Waals surface area contributed by atoms with Crippen molar-refractivity contribution in [3.63, 3.8) is 0 Å². The van der Waals surface area contributed by atoms with Crippen LogP contribution in [0.3, 0.4) is 0 Å². The Kier molecular flexibility index (Phi) is 7.73. The second-order valence-electron chi connectivity index (χ2n) is 6.93. The highest BCUT2D eigenvalue weighted by molar-refractivity contribution is 7.92. The maximum Gasteiger partial charge on any atom is 0.264 e. The zero-order valence-electron chi connectivity index (χ0n) is 18.1. The molecule has 1 amide bonds. The minimum atomic E-state index is -3.73. The van der Waals surface area contributed by atoms with Crippen molar-refractivity contribution in [2.45, 2.75) is 11.8 Å². The molecule has 0 aliphatic heterocycles. The SMILES string of the molecule is [B]c1ccc(OCC)c(C(=O)NC(=S)Nc2ccc(S(=O)(=O)N(C)c3ccccc3)cc2)c1. The molecule has 0 spiro atoms. The third kappa shape index (κ3) is 5.91. The number of anilines is 2. The largest absolute Gasteiger partial charge is 0.493 e. The Morgan fingerprint density at radius 1 is 1.06 bits per heavy atom. The molecule has 0 atom stereocenters. The van der Waals surface area contributed by atoms with E-state index in [2.05, 4.69) is 10.6 Å². The number of hydrogen-bond acceptors (Lipinski definition) is 5. The lowest BCUT2D eigenvalue weighted by Gasteiger charge is -2.19. The van der Waals surface area contributed by atoms with Crippen molar-refractivity contribution in [1.82, 2.24) is 5.32 Å². The molecule has 0 saturated carbocycles. The van der Waals surface area contributed by atoms with Gasteiger partial charge in [0, 0.05) is 12.7 Å². The Balaban J connectivity index is 1.68. The van der Waals surface area contributed by atoms with Gasteiger partial charge < -0.3 is 10.1 Å². The average molecular weight is 479 g/mol. The molecule has 0 aromatic heterocycles. The lowest BCUT2D eigenvalue weighted by Crippen LogP contribution is -2.34. The van der Waals surface area contributed by atoms with Gasteiger partial charge in [-0.3, -0.25) is 14.4 Å². The first kappa shape index (κ1) is 24.3. The zero-order chi connectivity index (χ0) is 24.0. The summed E-state index contributed by atoms with van der Waals surface area (Å²) in [6, 6.07) is 19.6. The Bertz CT molecular complexity index is 1250. The summed E-state index contributed by atoms with van der Waals surface area (Å²) in [7, 11) is 3.55. The third-order valence-corrected chi connectivity index (χ3v) is 6.67. The van der Waals surface area contributed by atoms with Crippen LogP contribution in [-0.4, -0.2) is 40.9 Å². The van der Waals surface area contributed by atoms with Crippen molar-refractivity contribution < 1.29 is 17.9 Å². The smallest absolute Gasteiger partial charge is 0.264 e. The monoisotopic (exact) mass is 479 g/mol. The number of para-hydroxylation sites is 1. The van der Waals surface area contributed by atoms with E-state index in [1.54, 1.807) is 48.5 Å². The number of rotatable bonds is 7. The fraction of sp³-hybridized carbons (Fsp3) is 0.130.